The van der Waals surface area contributed by atoms with Crippen molar-refractivity contribution in [2.24, 2.45) is 0 Å². The number of carbonyl (C=O) groups excluding carboxylic acids is 1. The van der Waals surface area contributed by atoms with Gasteiger partial charge in [0, 0.05) is 11.3 Å². The fourth-order valence-corrected chi connectivity index (χ4v) is 4.18. The van der Waals surface area contributed by atoms with E-state index in [-0.39, 0.29) is 19.0 Å². The molecule has 0 fully saturated rings. The number of anilines is 1. The predicted molar refractivity (Wildman–Crippen MR) is 129 cm³/mol. The van der Waals surface area contributed by atoms with Crippen molar-refractivity contribution in [2.75, 3.05) is 17.7 Å². The molecule has 0 aliphatic carbocycles. The molecule has 3 aromatic rings. The second-order valence-electron chi connectivity index (χ2n) is 7.50. The Morgan fingerprint density at radius 2 is 2.03 bits per heavy atom. The highest BCUT2D eigenvalue weighted by Gasteiger charge is 2.35. The number of hydrogen-bond donors (Lipinski definition) is 1. The summed E-state index contributed by atoms with van der Waals surface area (Å²) < 4.78 is 26.7. The number of halogens is 1. The molecule has 7 nitrogen and oxygen atoms in total. The number of ether oxygens (including phenoxy) is 2. The van der Waals surface area contributed by atoms with Gasteiger partial charge in [0.1, 0.15) is 30.8 Å². The van der Waals surface area contributed by atoms with E-state index in [2.05, 4.69) is 22.0 Å². The van der Waals surface area contributed by atoms with Crippen LogP contribution in [0.15, 0.2) is 77.6 Å². The summed E-state index contributed by atoms with van der Waals surface area (Å²) in [5.74, 6) is 1.19. The van der Waals surface area contributed by atoms with E-state index in [4.69, 9.17) is 9.47 Å². The zero-order chi connectivity index (χ0) is 24.1. The van der Waals surface area contributed by atoms with E-state index in [1.807, 2.05) is 26.0 Å². The molecule has 0 bridgehead atoms. The van der Waals surface area contributed by atoms with Crippen molar-refractivity contribution in [1.29, 1.82) is 0 Å². The number of hydrogen-bond acceptors (Lipinski definition) is 7. The zero-order valence-corrected chi connectivity index (χ0v) is 19.8. The van der Waals surface area contributed by atoms with Crippen LogP contribution < -0.4 is 10.1 Å². The Hall–Kier alpha value is -3.59. The van der Waals surface area contributed by atoms with Gasteiger partial charge in [0.05, 0.1) is 5.57 Å². The lowest BCUT2D eigenvalue weighted by Crippen LogP contribution is -2.29. The lowest BCUT2D eigenvalue weighted by Gasteiger charge is -2.28. The first kappa shape index (κ1) is 23.6. The number of esters is 1. The van der Waals surface area contributed by atoms with E-state index in [0.29, 0.717) is 33.7 Å². The molecule has 1 aliphatic rings. The number of benzene rings is 2. The van der Waals surface area contributed by atoms with Gasteiger partial charge < -0.3 is 14.8 Å². The molecule has 9 heteroatoms. The SMILES string of the molecule is C=CCOC(=O)C1=C(C)Nc2nc(SCC)nn2C1c1ccc(OCc2ccccc2F)cc1. The lowest BCUT2D eigenvalue weighted by atomic mass is 9.96. The molecule has 0 amide bonds. The minimum atomic E-state index is -0.534. The highest BCUT2D eigenvalue weighted by molar-refractivity contribution is 7.99. The average Bonchev–Trinajstić information content (AvgIpc) is 3.23. The number of allylic oxidation sites excluding steroid dienone is 1. The van der Waals surface area contributed by atoms with Gasteiger partial charge in [-0.3, -0.25) is 0 Å². The molecule has 4 rings (SSSR count). The van der Waals surface area contributed by atoms with Gasteiger partial charge in [0.15, 0.2) is 0 Å². The number of rotatable bonds is 9. The van der Waals surface area contributed by atoms with Crippen molar-refractivity contribution in [2.45, 2.75) is 31.7 Å². The highest BCUT2D eigenvalue weighted by Crippen LogP contribution is 2.37. The van der Waals surface area contributed by atoms with Crippen LogP contribution in [0.2, 0.25) is 0 Å². The molecule has 1 unspecified atom stereocenters. The first-order chi connectivity index (χ1) is 16.5. The predicted octanol–water partition coefficient (Wildman–Crippen LogP) is 5.13. The van der Waals surface area contributed by atoms with Crippen LogP contribution in [0.1, 0.15) is 31.0 Å². The quantitative estimate of drug-likeness (QED) is 0.259. The Bertz CT molecular complexity index is 1220. The maximum atomic E-state index is 13.9. The summed E-state index contributed by atoms with van der Waals surface area (Å²) in [7, 11) is 0. The van der Waals surface area contributed by atoms with Gasteiger partial charge >= 0.3 is 5.97 Å². The van der Waals surface area contributed by atoms with Crippen molar-refractivity contribution in [3.05, 3.63) is 89.4 Å². The standard InChI is InChI=1S/C25H25FN4O3S/c1-4-14-32-23(31)21-16(3)27-24-28-25(34-5-2)29-30(24)22(21)17-10-12-19(13-11-17)33-15-18-8-6-7-9-20(18)26/h4,6-13,22H,1,5,14-15H2,2-3H3,(H,27,28,29). The van der Waals surface area contributed by atoms with Crippen LogP contribution in [-0.2, 0) is 16.1 Å². The fraction of sp³-hybridized carbons (Fsp3) is 0.240. The van der Waals surface area contributed by atoms with E-state index >= 15 is 0 Å². The van der Waals surface area contributed by atoms with E-state index < -0.39 is 12.0 Å². The largest absolute Gasteiger partial charge is 0.489 e. The van der Waals surface area contributed by atoms with E-state index in [9.17, 15) is 9.18 Å². The van der Waals surface area contributed by atoms with Crippen molar-refractivity contribution in [3.8, 4) is 5.75 Å². The van der Waals surface area contributed by atoms with Crippen molar-refractivity contribution >= 4 is 23.7 Å². The second kappa shape index (κ2) is 10.6. The molecule has 0 saturated carbocycles. The van der Waals surface area contributed by atoms with Gasteiger partial charge in [-0.2, -0.15) is 4.98 Å². The first-order valence-electron chi connectivity index (χ1n) is 10.8. The topological polar surface area (TPSA) is 78.3 Å². The number of carbonyl (C=O) groups is 1. The maximum absolute atomic E-state index is 13.9. The van der Waals surface area contributed by atoms with Crippen LogP contribution in [0.25, 0.3) is 0 Å². The minimum absolute atomic E-state index is 0.103. The summed E-state index contributed by atoms with van der Waals surface area (Å²) >= 11 is 1.52. The van der Waals surface area contributed by atoms with E-state index in [1.165, 1.54) is 23.9 Å². The Morgan fingerprint density at radius 3 is 2.74 bits per heavy atom. The van der Waals surface area contributed by atoms with Gasteiger partial charge in [-0.05, 0) is 36.4 Å². The van der Waals surface area contributed by atoms with Gasteiger partial charge in [-0.15, -0.1) is 5.10 Å². The van der Waals surface area contributed by atoms with E-state index in [0.717, 1.165) is 11.3 Å². The number of thioether (sulfide) groups is 1. The van der Waals surface area contributed by atoms with Gasteiger partial charge in [0.25, 0.3) is 0 Å². The summed E-state index contributed by atoms with van der Waals surface area (Å²) in [4.78, 5) is 17.5. The van der Waals surface area contributed by atoms with Crippen molar-refractivity contribution in [3.63, 3.8) is 0 Å². The van der Waals surface area contributed by atoms with Gasteiger partial charge in [0.2, 0.25) is 11.1 Å². The Balaban J connectivity index is 1.64. The number of nitrogens with zero attached hydrogens (tertiary/aromatic N) is 3. The first-order valence-corrected chi connectivity index (χ1v) is 11.8. The lowest BCUT2D eigenvalue weighted by molar-refractivity contribution is -0.138. The van der Waals surface area contributed by atoms with Crippen LogP contribution in [0.5, 0.6) is 5.75 Å². The van der Waals surface area contributed by atoms with Gasteiger partial charge in [-0.1, -0.05) is 61.7 Å². The third kappa shape index (κ3) is 4.99. The molecular weight excluding hydrogens is 455 g/mol. The monoisotopic (exact) mass is 480 g/mol. The summed E-state index contributed by atoms with van der Waals surface area (Å²) in [6.07, 6.45) is 1.53. The van der Waals surface area contributed by atoms with Crippen LogP contribution in [0.3, 0.4) is 0 Å². The smallest absolute Gasteiger partial charge is 0.338 e. The van der Waals surface area contributed by atoms with Crippen molar-refractivity contribution in [1.82, 2.24) is 14.8 Å². The molecule has 1 aromatic heterocycles. The third-order valence-corrected chi connectivity index (χ3v) is 5.93. The van der Waals surface area contributed by atoms with Crippen LogP contribution >= 0.6 is 11.8 Å². The molecule has 2 heterocycles. The number of fused-ring (bicyclic) bond motifs is 1. The summed E-state index contributed by atoms with van der Waals surface area (Å²) in [6, 6.07) is 13.3. The molecular formula is C25H25FN4O3S. The van der Waals surface area contributed by atoms with Crippen molar-refractivity contribution < 1.29 is 18.7 Å². The molecule has 1 aliphatic heterocycles. The molecule has 176 valence electrons. The molecule has 34 heavy (non-hydrogen) atoms. The molecule has 2 aromatic carbocycles. The second-order valence-corrected chi connectivity index (χ2v) is 8.73. The number of aromatic nitrogens is 3. The Morgan fingerprint density at radius 1 is 1.26 bits per heavy atom. The molecule has 1 N–H and O–H groups in total. The molecule has 1 atom stereocenters. The summed E-state index contributed by atoms with van der Waals surface area (Å²) in [5, 5.41) is 8.41. The normalized spacial score (nSPS) is 14.9. The van der Waals surface area contributed by atoms with Gasteiger partial charge in [-0.25, -0.2) is 13.9 Å². The Kier molecular flexibility index (Phi) is 7.32. The molecule has 0 spiro atoms. The summed E-state index contributed by atoms with van der Waals surface area (Å²) in [5.41, 5.74) is 2.37. The Labute approximate surface area is 201 Å². The molecule has 0 saturated heterocycles. The maximum Gasteiger partial charge on any atom is 0.338 e. The van der Waals surface area contributed by atoms with Crippen LogP contribution in [0.4, 0.5) is 10.3 Å². The average molecular weight is 481 g/mol. The zero-order valence-electron chi connectivity index (χ0n) is 19.0. The summed E-state index contributed by atoms with van der Waals surface area (Å²) in [6.45, 7) is 7.67. The number of nitrogens with one attached hydrogen (secondary N) is 1. The van der Waals surface area contributed by atoms with E-state index in [1.54, 1.807) is 35.0 Å². The minimum Gasteiger partial charge on any atom is -0.489 e. The highest BCUT2D eigenvalue weighted by atomic mass is 32.2. The van der Waals surface area contributed by atoms with Crippen LogP contribution in [0, 0.1) is 5.82 Å². The third-order valence-electron chi connectivity index (χ3n) is 5.21. The fourth-order valence-electron chi connectivity index (χ4n) is 3.63. The van der Waals surface area contributed by atoms with Crippen LogP contribution in [-0.4, -0.2) is 33.1 Å². The molecule has 0 radical (unpaired) electrons.